The first kappa shape index (κ1) is 16.8. The number of nitrogens with one attached hydrogen (secondary N) is 1. The summed E-state index contributed by atoms with van der Waals surface area (Å²) in [7, 11) is 0. The zero-order valence-corrected chi connectivity index (χ0v) is 15.7. The second-order valence-corrected chi connectivity index (χ2v) is 7.59. The van der Waals surface area contributed by atoms with Crippen molar-refractivity contribution in [3.05, 3.63) is 75.7 Å². The summed E-state index contributed by atoms with van der Waals surface area (Å²) in [5.41, 5.74) is 5.25. The number of rotatable bonds is 6. The third-order valence-electron chi connectivity index (χ3n) is 4.30. The summed E-state index contributed by atoms with van der Waals surface area (Å²) >= 11 is 1.69. The van der Waals surface area contributed by atoms with Gasteiger partial charge in [-0.3, -0.25) is 0 Å². The molecule has 2 heterocycles. The van der Waals surface area contributed by atoms with Gasteiger partial charge >= 0.3 is 0 Å². The van der Waals surface area contributed by atoms with Crippen LogP contribution in [0.2, 0.25) is 0 Å². The van der Waals surface area contributed by atoms with Crippen LogP contribution in [-0.2, 0) is 13.0 Å². The van der Waals surface area contributed by atoms with Gasteiger partial charge in [0.15, 0.2) is 5.58 Å². The van der Waals surface area contributed by atoms with Crippen LogP contribution in [0.4, 0.5) is 6.01 Å². The number of oxazole rings is 1. The third-order valence-corrected chi connectivity index (χ3v) is 5.19. The number of aromatic nitrogens is 2. The van der Waals surface area contributed by atoms with E-state index in [1.165, 1.54) is 11.1 Å². The highest BCUT2D eigenvalue weighted by Gasteiger charge is 2.09. The van der Waals surface area contributed by atoms with Crippen LogP contribution >= 0.6 is 11.3 Å². The van der Waals surface area contributed by atoms with Crippen LogP contribution in [0.5, 0.6) is 0 Å². The second-order valence-electron chi connectivity index (χ2n) is 6.65. The van der Waals surface area contributed by atoms with E-state index in [1.54, 1.807) is 11.3 Å². The van der Waals surface area contributed by atoms with E-state index >= 15 is 0 Å². The molecular formula is C21H21N3OS. The molecule has 0 amide bonds. The molecule has 0 unspecified atom stereocenters. The Labute approximate surface area is 156 Å². The molecule has 4 nitrogen and oxygen atoms in total. The molecule has 0 fully saturated rings. The molecule has 2 aromatic carbocycles. The van der Waals surface area contributed by atoms with Crippen molar-refractivity contribution in [2.24, 2.45) is 0 Å². The zero-order chi connectivity index (χ0) is 17.9. The van der Waals surface area contributed by atoms with Crippen molar-refractivity contribution in [2.75, 3.05) is 5.32 Å². The van der Waals surface area contributed by atoms with Gasteiger partial charge in [0.05, 0.1) is 17.2 Å². The second kappa shape index (κ2) is 7.30. The minimum Gasteiger partial charge on any atom is -0.424 e. The molecule has 0 aliphatic heterocycles. The summed E-state index contributed by atoms with van der Waals surface area (Å²) in [6.45, 7) is 4.96. The molecule has 0 spiro atoms. The minimum atomic E-state index is 0.477. The lowest BCUT2D eigenvalue weighted by atomic mass is 10.0. The number of anilines is 1. The van der Waals surface area contributed by atoms with Crippen LogP contribution in [0.3, 0.4) is 0 Å². The smallest absolute Gasteiger partial charge is 0.296 e. The fourth-order valence-electron chi connectivity index (χ4n) is 2.83. The summed E-state index contributed by atoms with van der Waals surface area (Å²) in [5, 5.41) is 6.45. The van der Waals surface area contributed by atoms with Gasteiger partial charge in [0, 0.05) is 11.8 Å². The Balaban J connectivity index is 1.42. The quantitative estimate of drug-likeness (QED) is 0.484. The maximum absolute atomic E-state index is 5.78. The van der Waals surface area contributed by atoms with Gasteiger partial charge in [-0.05, 0) is 29.2 Å². The molecule has 1 N–H and O–H groups in total. The van der Waals surface area contributed by atoms with Crippen molar-refractivity contribution in [2.45, 2.75) is 32.7 Å². The molecule has 0 bridgehead atoms. The molecule has 0 saturated carbocycles. The first-order valence-electron chi connectivity index (χ1n) is 8.79. The van der Waals surface area contributed by atoms with Gasteiger partial charge in [-0.1, -0.05) is 50.2 Å². The van der Waals surface area contributed by atoms with Crippen molar-refractivity contribution in [1.29, 1.82) is 0 Å². The molecule has 0 saturated heterocycles. The number of hydrogen-bond acceptors (Lipinski definition) is 5. The molecule has 26 heavy (non-hydrogen) atoms. The number of benzene rings is 2. The summed E-state index contributed by atoms with van der Waals surface area (Å²) in [6, 6.07) is 17.1. The van der Waals surface area contributed by atoms with Crippen LogP contribution < -0.4 is 5.32 Å². The molecule has 132 valence electrons. The molecule has 5 heteroatoms. The van der Waals surface area contributed by atoms with Crippen LogP contribution in [0.15, 0.2) is 58.3 Å². The Morgan fingerprint density at radius 2 is 1.92 bits per heavy atom. The SMILES string of the molecule is CC(C)c1ccc2oc(NCc3csc(Cc4ccccc4)n3)nc2c1. The van der Waals surface area contributed by atoms with E-state index in [4.69, 9.17) is 9.40 Å². The fourth-order valence-corrected chi connectivity index (χ4v) is 3.66. The predicted octanol–water partition coefficient (Wildman–Crippen LogP) is 5.61. The van der Waals surface area contributed by atoms with Crippen LogP contribution in [0.1, 0.15) is 41.6 Å². The van der Waals surface area contributed by atoms with E-state index in [2.05, 4.69) is 65.9 Å². The van der Waals surface area contributed by atoms with Gasteiger partial charge in [0.25, 0.3) is 6.01 Å². The maximum Gasteiger partial charge on any atom is 0.296 e. The molecule has 0 radical (unpaired) electrons. The first-order chi connectivity index (χ1) is 12.7. The Morgan fingerprint density at radius 3 is 2.73 bits per heavy atom. The van der Waals surface area contributed by atoms with E-state index in [1.807, 2.05) is 12.1 Å². The van der Waals surface area contributed by atoms with Gasteiger partial charge in [0.1, 0.15) is 5.52 Å². The largest absolute Gasteiger partial charge is 0.424 e. The molecule has 4 aromatic rings. The third kappa shape index (κ3) is 3.78. The van der Waals surface area contributed by atoms with Gasteiger partial charge in [0.2, 0.25) is 0 Å². The highest BCUT2D eigenvalue weighted by atomic mass is 32.1. The first-order valence-corrected chi connectivity index (χ1v) is 9.67. The zero-order valence-electron chi connectivity index (χ0n) is 14.9. The van der Waals surface area contributed by atoms with Gasteiger partial charge in [-0.15, -0.1) is 11.3 Å². The Morgan fingerprint density at radius 1 is 1.08 bits per heavy atom. The average molecular weight is 363 g/mol. The van der Waals surface area contributed by atoms with Crippen molar-refractivity contribution in [3.8, 4) is 0 Å². The molecular weight excluding hydrogens is 342 g/mol. The van der Waals surface area contributed by atoms with Gasteiger partial charge in [-0.25, -0.2) is 4.98 Å². The molecule has 0 aliphatic rings. The van der Waals surface area contributed by atoms with Crippen LogP contribution in [0, 0.1) is 0 Å². The van der Waals surface area contributed by atoms with E-state index in [0.717, 1.165) is 28.2 Å². The summed E-state index contributed by atoms with van der Waals surface area (Å²) in [5.74, 6) is 0.477. The molecule has 0 aliphatic carbocycles. The number of thiazole rings is 1. The van der Waals surface area contributed by atoms with Gasteiger partial charge in [-0.2, -0.15) is 4.98 Å². The van der Waals surface area contributed by atoms with E-state index in [0.29, 0.717) is 18.5 Å². The molecule has 4 rings (SSSR count). The normalized spacial score (nSPS) is 11.3. The van der Waals surface area contributed by atoms with Crippen LogP contribution in [0.25, 0.3) is 11.1 Å². The lowest BCUT2D eigenvalue weighted by Crippen LogP contribution is -2.00. The lowest BCUT2D eigenvalue weighted by molar-refractivity contribution is 0.613. The van der Waals surface area contributed by atoms with E-state index in [9.17, 15) is 0 Å². The molecule has 0 atom stereocenters. The minimum absolute atomic E-state index is 0.477. The Bertz CT molecular complexity index is 1000. The summed E-state index contributed by atoms with van der Waals surface area (Å²) < 4.78 is 5.78. The number of hydrogen-bond donors (Lipinski definition) is 1. The number of fused-ring (bicyclic) bond motifs is 1. The summed E-state index contributed by atoms with van der Waals surface area (Å²) in [6.07, 6.45) is 0.867. The number of nitrogens with zero attached hydrogens (tertiary/aromatic N) is 2. The maximum atomic E-state index is 5.78. The highest BCUT2D eigenvalue weighted by Crippen LogP contribution is 2.24. The van der Waals surface area contributed by atoms with Gasteiger partial charge < -0.3 is 9.73 Å². The standard InChI is InChI=1S/C21H21N3OS/c1-14(2)16-8-9-19-18(11-16)24-21(25-19)22-12-17-13-26-20(23-17)10-15-6-4-3-5-7-15/h3-9,11,13-14H,10,12H2,1-2H3,(H,22,24). The van der Waals surface area contributed by atoms with Crippen molar-refractivity contribution < 1.29 is 4.42 Å². The summed E-state index contributed by atoms with van der Waals surface area (Å²) in [4.78, 5) is 9.24. The predicted molar refractivity (Wildman–Crippen MR) is 107 cm³/mol. The Hall–Kier alpha value is -2.66. The van der Waals surface area contributed by atoms with Crippen LogP contribution in [-0.4, -0.2) is 9.97 Å². The van der Waals surface area contributed by atoms with Crippen molar-refractivity contribution in [1.82, 2.24) is 9.97 Å². The fraction of sp³-hybridized carbons (Fsp3) is 0.238. The monoisotopic (exact) mass is 363 g/mol. The van der Waals surface area contributed by atoms with Crippen molar-refractivity contribution in [3.63, 3.8) is 0 Å². The molecule has 2 aromatic heterocycles. The highest BCUT2D eigenvalue weighted by molar-refractivity contribution is 7.09. The van der Waals surface area contributed by atoms with E-state index in [-0.39, 0.29) is 0 Å². The van der Waals surface area contributed by atoms with E-state index < -0.39 is 0 Å². The topological polar surface area (TPSA) is 51.0 Å². The Kier molecular flexibility index (Phi) is 4.71. The van der Waals surface area contributed by atoms with Crippen molar-refractivity contribution >= 4 is 28.5 Å². The lowest BCUT2D eigenvalue weighted by Gasteiger charge is -2.02. The average Bonchev–Trinajstić information content (AvgIpc) is 3.26.